The van der Waals surface area contributed by atoms with Crippen molar-refractivity contribution in [3.05, 3.63) is 12.2 Å². The molecule has 0 aromatic carbocycles. The van der Waals surface area contributed by atoms with Gasteiger partial charge in [0.25, 0.3) is 0 Å². The number of allylic oxidation sites excluding steroid dienone is 1. The van der Waals surface area contributed by atoms with Crippen LogP contribution in [-0.2, 0) is 14.4 Å². The number of aliphatic carboxylic acids is 1. The van der Waals surface area contributed by atoms with Gasteiger partial charge in [0.1, 0.15) is 6.04 Å². The van der Waals surface area contributed by atoms with Crippen LogP contribution in [0.1, 0.15) is 20.3 Å². The number of fused-ring (bicyclic) bond motifs is 1. The van der Waals surface area contributed by atoms with Gasteiger partial charge in [0, 0.05) is 0 Å². The SMILES string of the molecule is CC(=O)/C=C/[C@]1(C)S[C@@H]2CC(=O)N2[C@H]1C(=O)O. The fourth-order valence-corrected chi connectivity index (χ4v) is 3.88. The van der Waals surface area contributed by atoms with E-state index in [1.165, 1.54) is 29.7 Å². The summed E-state index contributed by atoms with van der Waals surface area (Å²) in [7, 11) is 0. The number of hydrogen-bond donors (Lipinski definition) is 1. The lowest BCUT2D eigenvalue weighted by atomic mass is 9.96. The van der Waals surface area contributed by atoms with Gasteiger partial charge in [0.2, 0.25) is 5.91 Å². The number of hydrogen-bond acceptors (Lipinski definition) is 4. The van der Waals surface area contributed by atoms with Gasteiger partial charge >= 0.3 is 5.97 Å². The van der Waals surface area contributed by atoms with Crippen molar-refractivity contribution in [3.8, 4) is 0 Å². The van der Waals surface area contributed by atoms with Crippen LogP contribution < -0.4 is 0 Å². The molecule has 1 amide bonds. The fourth-order valence-electron chi connectivity index (χ4n) is 2.22. The summed E-state index contributed by atoms with van der Waals surface area (Å²) in [6.07, 6.45) is 3.36. The molecular weight excluding hydrogens is 242 g/mol. The van der Waals surface area contributed by atoms with Gasteiger partial charge in [-0.05, 0) is 19.9 Å². The molecule has 0 radical (unpaired) electrons. The summed E-state index contributed by atoms with van der Waals surface area (Å²) in [6.45, 7) is 3.16. The van der Waals surface area contributed by atoms with Crippen molar-refractivity contribution in [2.75, 3.05) is 0 Å². The van der Waals surface area contributed by atoms with Crippen LogP contribution in [0.25, 0.3) is 0 Å². The molecule has 1 N–H and O–H groups in total. The number of carbonyl (C=O) groups excluding carboxylic acids is 2. The minimum absolute atomic E-state index is 0.0646. The Morgan fingerprint density at radius 1 is 1.59 bits per heavy atom. The van der Waals surface area contributed by atoms with E-state index in [-0.39, 0.29) is 17.1 Å². The van der Waals surface area contributed by atoms with Gasteiger partial charge in [-0.2, -0.15) is 0 Å². The molecule has 2 aliphatic rings. The largest absolute Gasteiger partial charge is 0.480 e. The van der Waals surface area contributed by atoms with Gasteiger partial charge in [0.05, 0.1) is 16.5 Å². The second-order valence-corrected chi connectivity index (χ2v) is 6.11. The Labute approximate surface area is 103 Å². The van der Waals surface area contributed by atoms with E-state index in [2.05, 4.69) is 0 Å². The smallest absolute Gasteiger partial charge is 0.328 e. The van der Waals surface area contributed by atoms with E-state index in [9.17, 15) is 19.5 Å². The third kappa shape index (κ3) is 1.86. The third-order valence-corrected chi connectivity index (χ3v) is 4.57. The molecule has 0 bridgehead atoms. The summed E-state index contributed by atoms with van der Waals surface area (Å²) in [5.41, 5.74) is 0. The van der Waals surface area contributed by atoms with E-state index in [4.69, 9.17) is 0 Å². The highest BCUT2D eigenvalue weighted by molar-refractivity contribution is 8.01. The maximum atomic E-state index is 11.4. The molecule has 2 heterocycles. The maximum Gasteiger partial charge on any atom is 0.328 e. The first-order valence-electron chi connectivity index (χ1n) is 5.27. The van der Waals surface area contributed by atoms with Crippen LogP contribution in [0.2, 0.25) is 0 Å². The van der Waals surface area contributed by atoms with Crippen LogP contribution >= 0.6 is 11.8 Å². The summed E-state index contributed by atoms with van der Waals surface area (Å²) in [4.78, 5) is 35.0. The summed E-state index contributed by atoms with van der Waals surface area (Å²) < 4.78 is -0.728. The molecular formula is C11H13NO4S. The maximum absolute atomic E-state index is 11.4. The van der Waals surface area contributed by atoms with Crippen molar-refractivity contribution in [2.45, 2.75) is 36.4 Å². The van der Waals surface area contributed by atoms with Gasteiger partial charge in [0.15, 0.2) is 5.78 Å². The first-order chi connectivity index (χ1) is 7.85. The average Bonchev–Trinajstić information content (AvgIpc) is 2.45. The molecule has 2 fully saturated rings. The highest BCUT2D eigenvalue weighted by atomic mass is 32.2. The minimum atomic E-state index is -1.02. The molecule has 2 aliphatic heterocycles. The number of carbonyl (C=O) groups is 3. The van der Waals surface area contributed by atoms with Crippen LogP contribution in [0.3, 0.4) is 0 Å². The van der Waals surface area contributed by atoms with E-state index in [1.54, 1.807) is 13.0 Å². The Morgan fingerprint density at radius 2 is 2.24 bits per heavy atom. The van der Waals surface area contributed by atoms with Gasteiger partial charge in [-0.1, -0.05) is 6.08 Å². The Morgan fingerprint density at radius 3 is 2.71 bits per heavy atom. The predicted molar refractivity (Wildman–Crippen MR) is 62.5 cm³/mol. The number of rotatable bonds is 3. The van der Waals surface area contributed by atoms with Crippen LogP contribution in [0, 0.1) is 0 Å². The summed E-state index contributed by atoms with van der Waals surface area (Å²) in [5.74, 6) is -1.28. The highest BCUT2D eigenvalue weighted by Gasteiger charge is 2.59. The monoisotopic (exact) mass is 255 g/mol. The van der Waals surface area contributed by atoms with E-state index in [0.29, 0.717) is 6.42 Å². The van der Waals surface area contributed by atoms with Gasteiger partial charge in [-0.3, -0.25) is 9.59 Å². The topological polar surface area (TPSA) is 74.7 Å². The first kappa shape index (κ1) is 12.2. The lowest BCUT2D eigenvalue weighted by molar-refractivity contribution is -0.156. The quantitative estimate of drug-likeness (QED) is 0.592. The zero-order valence-electron chi connectivity index (χ0n) is 9.54. The first-order valence-corrected chi connectivity index (χ1v) is 6.15. The van der Waals surface area contributed by atoms with E-state index >= 15 is 0 Å². The van der Waals surface area contributed by atoms with Crippen molar-refractivity contribution in [1.29, 1.82) is 0 Å². The lowest BCUT2D eigenvalue weighted by Gasteiger charge is -2.36. The second kappa shape index (κ2) is 3.87. The number of thioether (sulfide) groups is 1. The highest BCUT2D eigenvalue weighted by Crippen LogP contribution is 2.51. The van der Waals surface area contributed by atoms with Crippen LogP contribution in [0.15, 0.2) is 12.2 Å². The van der Waals surface area contributed by atoms with Crippen molar-refractivity contribution in [2.24, 2.45) is 0 Å². The van der Waals surface area contributed by atoms with Gasteiger partial charge in [-0.15, -0.1) is 11.8 Å². The van der Waals surface area contributed by atoms with Crippen molar-refractivity contribution in [3.63, 3.8) is 0 Å². The standard InChI is InChI=1S/C11H13NO4S/c1-6(13)3-4-11(2)9(10(15)16)12-7(14)5-8(12)17-11/h3-4,8-9H,5H2,1-2H3,(H,15,16)/b4-3+/t8-,9+,11+/m1/s1. The Hall–Kier alpha value is -1.30. The Balaban J connectivity index is 2.30. The number of ketones is 1. The third-order valence-electron chi connectivity index (χ3n) is 3.04. The number of β-lactam (4-membered cyclic amide) rings is 1. The minimum Gasteiger partial charge on any atom is -0.480 e. The average molecular weight is 255 g/mol. The normalized spacial score (nSPS) is 35.9. The van der Waals surface area contributed by atoms with Crippen molar-refractivity contribution in [1.82, 2.24) is 4.90 Å². The number of nitrogens with zero attached hydrogens (tertiary/aromatic N) is 1. The summed E-state index contributed by atoms with van der Waals surface area (Å²) >= 11 is 1.43. The molecule has 3 atom stereocenters. The molecule has 6 heteroatoms. The lowest BCUT2D eigenvalue weighted by Crippen LogP contribution is -2.57. The van der Waals surface area contributed by atoms with Crippen molar-refractivity contribution >= 4 is 29.4 Å². The van der Waals surface area contributed by atoms with E-state index in [1.807, 2.05) is 0 Å². The molecule has 0 saturated carbocycles. The number of carboxylic acid groups (broad SMARTS) is 1. The van der Waals surface area contributed by atoms with Crippen LogP contribution in [0.5, 0.6) is 0 Å². The summed E-state index contributed by atoms with van der Waals surface area (Å²) in [5, 5.41) is 9.16. The number of amides is 1. The molecule has 5 nitrogen and oxygen atoms in total. The molecule has 0 aliphatic carbocycles. The van der Waals surface area contributed by atoms with Crippen LogP contribution in [0.4, 0.5) is 0 Å². The molecule has 0 aromatic heterocycles. The van der Waals surface area contributed by atoms with Gasteiger partial charge in [-0.25, -0.2) is 4.79 Å². The Kier molecular flexibility index (Phi) is 2.77. The zero-order chi connectivity index (χ0) is 12.8. The predicted octanol–water partition coefficient (Wildman–Crippen LogP) is 0.649. The van der Waals surface area contributed by atoms with Crippen LogP contribution in [-0.4, -0.2) is 43.8 Å². The molecule has 0 unspecified atom stereocenters. The fraction of sp³-hybridized carbons (Fsp3) is 0.545. The summed E-state index contributed by atoms with van der Waals surface area (Å²) in [6, 6.07) is -0.880. The van der Waals surface area contributed by atoms with Crippen molar-refractivity contribution < 1.29 is 19.5 Å². The van der Waals surface area contributed by atoms with E-state index < -0.39 is 16.8 Å². The van der Waals surface area contributed by atoms with E-state index in [0.717, 1.165) is 0 Å². The number of carboxylic acids is 1. The second-order valence-electron chi connectivity index (χ2n) is 4.45. The molecule has 92 valence electrons. The zero-order valence-corrected chi connectivity index (χ0v) is 10.4. The van der Waals surface area contributed by atoms with Gasteiger partial charge < -0.3 is 10.0 Å². The molecule has 17 heavy (non-hydrogen) atoms. The molecule has 2 rings (SSSR count). The molecule has 2 saturated heterocycles. The molecule has 0 aromatic rings. The Bertz CT molecular complexity index is 433. The molecule has 0 spiro atoms.